The first-order chi connectivity index (χ1) is 17.9. The van der Waals surface area contributed by atoms with E-state index >= 15 is 0 Å². The average molecular weight is 493 g/mol. The number of nitrogens with zero attached hydrogens (tertiary/aromatic N) is 2. The van der Waals surface area contributed by atoms with Crippen molar-refractivity contribution < 1.29 is 23.9 Å². The standard InChI is InChI=1S/C30H24N2O5/c1-17-11-14-21(15-12-17)31-29(35)24-22-16-13-19-9-6-10-23(37-18(2)33)26(19)32(22)27(25(24)30(31)36)28(34)20-7-4-3-5-8-20/h3-16,22,24-25,27H,1-2H3/t22-,24+,25-,27-/m1/s1. The number of benzene rings is 3. The van der Waals surface area contributed by atoms with Crippen LogP contribution in [0, 0.1) is 18.8 Å². The number of hydrogen-bond donors (Lipinski definition) is 0. The lowest BCUT2D eigenvalue weighted by Crippen LogP contribution is -2.49. The van der Waals surface area contributed by atoms with Crippen LogP contribution in [0.15, 0.2) is 78.9 Å². The Labute approximate surface area is 213 Å². The first kappa shape index (κ1) is 22.9. The Balaban J connectivity index is 1.52. The Kier molecular flexibility index (Phi) is 5.30. The number of esters is 1. The molecule has 3 aromatic carbocycles. The van der Waals surface area contributed by atoms with E-state index in [1.54, 1.807) is 48.5 Å². The van der Waals surface area contributed by atoms with Gasteiger partial charge < -0.3 is 9.64 Å². The van der Waals surface area contributed by atoms with Gasteiger partial charge in [-0.15, -0.1) is 0 Å². The van der Waals surface area contributed by atoms with Gasteiger partial charge in [0, 0.05) is 18.1 Å². The van der Waals surface area contributed by atoms with Crippen LogP contribution < -0.4 is 14.5 Å². The summed E-state index contributed by atoms with van der Waals surface area (Å²) in [5, 5.41) is 0. The number of Topliss-reactive ketones (excluding diaryl/α,β-unsaturated/α-hetero) is 1. The SMILES string of the molecule is CC(=O)Oc1cccc2c1N1[C@H](C=C2)[C@@H]2C(=O)N(c3ccc(C)cc3)C(=O)[C@H]2[C@@H]1C(=O)c1ccccc1. The molecule has 3 aromatic rings. The van der Waals surface area contributed by atoms with Gasteiger partial charge in [-0.3, -0.25) is 19.2 Å². The number of amides is 2. The van der Waals surface area contributed by atoms with Crippen molar-refractivity contribution in [2.75, 3.05) is 9.80 Å². The second-order valence-corrected chi connectivity index (χ2v) is 9.62. The second-order valence-electron chi connectivity index (χ2n) is 9.62. The van der Waals surface area contributed by atoms with E-state index in [0.29, 0.717) is 22.7 Å². The topological polar surface area (TPSA) is 84.0 Å². The molecule has 7 nitrogen and oxygen atoms in total. The van der Waals surface area contributed by atoms with E-state index in [0.717, 1.165) is 11.1 Å². The van der Waals surface area contributed by atoms with Crippen molar-refractivity contribution in [3.05, 3.63) is 95.6 Å². The fourth-order valence-electron chi connectivity index (χ4n) is 5.84. The number of carbonyl (C=O) groups is 4. The maximum absolute atomic E-state index is 14.1. The van der Waals surface area contributed by atoms with Crippen molar-refractivity contribution in [3.63, 3.8) is 0 Å². The van der Waals surface area contributed by atoms with E-state index < -0.39 is 35.8 Å². The first-order valence-corrected chi connectivity index (χ1v) is 12.2. The van der Waals surface area contributed by atoms with Crippen molar-refractivity contribution in [2.45, 2.75) is 25.9 Å². The van der Waals surface area contributed by atoms with Gasteiger partial charge in [-0.05, 0) is 25.1 Å². The molecule has 3 aliphatic heterocycles. The summed E-state index contributed by atoms with van der Waals surface area (Å²) >= 11 is 0. The molecule has 0 saturated carbocycles. The predicted molar refractivity (Wildman–Crippen MR) is 138 cm³/mol. The van der Waals surface area contributed by atoms with Gasteiger partial charge in [0.1, 0.15) is 6.04 Å². The van der Waals surface area contributed by atoms with Crippen LogP contribution in [0.5, 0.6) is 5.75 Å². The Hall–Kier alpha value is -4.52. The molecule has 6 rings (SSSR count). The molecule has 0 spiro atoms. The maximum atomic E-state index is 14.1. The van der Waals surface area contributed by atoms with E-state index in [9.17, 15) is 19.2 Å². The smallest absolute Gasteiger partial charge is 0.308 e. The van der Waals surface area contributed by atoms with Gasteiger partial charge in [0.05, 0.1) is 29.3 Å². The molecule has 0 N–H and O–H groups in total. The quantitative estimate of drug-likeness (QED) is 0.235. The van der Waals surface area contributed by atoms with Crippen LogP contribution >= 0.6 is 0 Å². The van der Waals surface area contributed by atoms with Crippen LogP contribution in [0.2, 0.25) is 0 Å². The number of imide groups is 1. The number of rotatable bonds is 4. The van der Waals surface area contributed by atoms with Crippen molar-refractivity contribution in [3.8, 4) is 5.75 Å². The molecular formula is C30H24N2O5. The third kappa shape index (κ3) is 3.49. The van der Waals surface area contributed by atoms with Gasteiger partial charge >= 0.3 is 5.97 Å². The molecule has 4 atom stereocenters. The van der Waals surface area contributed by atoms with Gasteiger partial charge in [0.25, 0.3) is 0 Å². The molecule has 2 fully saturated rings. The molecule has 0 bridgehead atoms. The van der Waals surface area contributed by atoms with Crippen LogP contribution in [0.1, 0.15) is 28.4 Å². The highest BCUT2D eigenvalue weighted by Crippen LogP contribution is 2.52. The number of carbonyl (C=O) groups excluding carboxylic acids is 4. The molecule has 3 aliphatic rings. The number of anilines is 2. The lowest BCUT2D eigenvalue weighted by Gasteiger charge is -2.37. The highest BCUT2D eigenvalue weighted by Gasteiger charge is 2.64. The lowest BCUT2D eigenvalue weighted by molar-refractivity contribution is -0.132. The largest absolute Gasteiger partial charge is 0.424 e. The van der Waals surface area contributed by atoms with E-state index in [2.05, 4.69) is 0 Å². The van der Waals surface area contributed by atoms with Crippen molar-refractivity contribution in [1.29, 1.82) is 0 Å². The molecule has 0 unspecified atom stereocenters. The molecule has 2 amide bonds. The fraction of sp³-hybridized carbons (Fsp3) is 0.200. The number of hydrogen-bond acceptors (Lipinski definition) is 6. The molecule has 37 heavy (non-hydrogen) atoms. The number of ketones is 1. The Morgan fingerprint density at radius 1 is 0.838 bits per heavy atom. The van der Waals surface area contributed by atoms with Gasteiger partial charge in [0.15, 0.2) is 11.5 Å². The van der Waals surface area contributed by atoms with Crippen LogP contribution in [0.3, 0.4) is 0 Å². The highest BCUT2D eigenvalue weighted by atomic mass is 16.5. The summed E-state index contributed by atoms with van der Waals surface area (Å²) in [6.45, 7) is 3.25. The second kappa shape index (κ2) is 8.55. The summed E-state index contributed by atoms with van der Waals surface area (Å²) in [5.74, 6) is -2.86. The third-order valence-electron chi connectivity index (χ3n) is 7.36. The molecule has 0 aliphatic carbocycles. The van der Waals surface area contributed by atoms with E-state index in [1.165, 1.54) is 11.8 Å². The molecule has 0 radical (unpaired) electrons. The zero-order valence-electron chi connectivity index (χ0n) is 20.3. The van der Waals surface area contributed by atoms with Gasteiger partial charge in [-0.1, -0.05) is 72.3 Å². The Bertz CT molecular complexity index is 1480. The van der Waals surface area contributed by atoms with E-state index in [1.807, 2.05) is 48.2 Å². The summed E-state index contributed by atoms with van der Waals surface area (Å²) in [7, 11) is 0. The average Bonchev–Trinajstić information content (AvgIpc) is 3.37. The summed E-state index contributed by atoms with van der Waals surface area (Å²) in [6.07, 6.45) is 3.74. The van der Waals surface area contributed by atoms with Crippen LogP contribution in [-0.2, 0) is 14.4 Å². The van der Waals surface area contributed by atoms with Gasteiger partial charge in [0.2, 0.25) is 11.8 Å². The third-order valence-corrected chi connectivity index (χ3v) is 7.36. The molecular weight excluding hydrogens is 468 g/mol. The van der Waals surface area contributed by atoms with E-state index in [4.69, 9.17) is 4.74 Å². The Morgan fingerprint density at radius 3 is 2.24 bits per heavy atom. The summed E-state index contributed by atoms with van der Waals surface area (Å²) in [5.41, 5.74) is 3.24. The monoisotopic (exact) mass is 492 g/mol. The number of para-hydroxylation sites is 1. The molecule has 0 aromatic heterocycles. The predicted octanol–water partition coefficient (Wildman–Crippen LogP) is 4.19. The normalized spacial score (nSPS) is 23.5. The van der Waals surface area contributed by atoms with Crippen molar-refractivity contribution in [1.82, 2.24) is 0 Å². The van der Waals surface area contributed by atoms with Gasteiger partial charge in [-0.2, -0.15) is 0 Å². The number of fused-ring (bicyclic) bond motifs is 5. The number of ether oxygens (including phenoxy) is 1. The zero-order valence-corrected chi connectivity index (χ0v) is 20.3. The molecule has 3 heterocycles. The lowest BCUT2D eigenvalue weighted by atomic mass is 9.86. The van der Waals surface area contributed by atoms with Crippen LogP contribution in [0.4, 0.5) is 11.4 Å². The van der Waals surface area contributed by atoms with Crippen LogP contribution in [0.25, 0.3) is 6.08 Å². The van der Waals surface area contributed by atoms with Crippen molar-refractivity contribution in [2.24, 2.45) is 11.8 Å². The van der Waals surface area contributed by atoms with Crippen LogP contribution in [-0.4, -0.2) is 35.7 Å². The zero-order chi connectivity index (χ0) is 25.8. The van der Waals surface area contributed by atoms with Crippen molar-refractivity contribution >= 4 is 41.0 Å². The minimum Gasteiger partial charge on any atom is -0.424 e. The highest BCUT2D eigenvalue weighted by molar-refractivity contribution is 6.25. The fourth-order valence-corrected chi connectivity index (χ4v) is 5.84. The Morgan fingerprint density at radius 2 is 1.54 bits per heavy atom. The summed E-state index contributed by atoms with van der Waals surface area (Å²) < 4.78 is 5.53. The van der Waals surface area contributed by atoms with Gasteiger partial charge in [-0.25, -0.2) is 4.90 Å². The molecule has 7 heteroatoms. The summed E-state index contributed by atoms with van der Waals surface area (Å²) in [6, 6.07) is 19.8. The molecule has 2 saturated heterocycles. The first-order valence-electron chi connectivity index (χ1n) is 12.2. The maximum Gasteiger partial charge on any atom is 0.308 e. The molecule has 184 valence electrons. The minimum atomic E-state index is -0.954. The number of aryl methyl sites for hydroxylation is 1. The summed E-state index contributed by atoms with van der Waals surface area (Å²) in [4.78, 5) is 56.9. The minimum absolute atomic E-state index is 0.260. The van der Waals surface area contributed by atoms with E-state index in [-0.39, 0.29) is 11.7 Å².